The van der Waals surface area contributed by atoms with Crippen LogP contribution in [-0.2, 0) is 0 Å². The zero-order valence-corrected chi connectivity index (χ0v) is 8.48. The quantitative estimate of drug-likeness (QED) is 0.739. The first kappa shape index (κ1) is 9.31. The summed E-state index contributed by atoms with van der Waals surface area (Å²) in [7, 11) is 0. The average molecular weight is 192 g/mol. The van der Waals surface area contributed by atoms with E-state index in [0.29, 0.717) is 0 Å². The number of piperidine rings is 1. The molecule has 1 aliphatic heterocycles. The van der Waals surface area contributed by atoms with Crippen LogP contribution >= 0.6 is 0 Å². The number of pyridine rings is 1. The Bertz CT molecular complexity index is 289. The van der Waals surface area contributed by atoms with Gasteiger partial charge in [0.25, 0.3) is 0 Å². The van der Waals surface area contributed by atoms with Gasteiger partial charge in [0.15, 0.2) is 0 Å². The molecule has 3 nitrogen and oxygen atoms in total. The van der Waals surface area contributed by atoms with Gasteiger partial charge in [0.2, 0.25) is 0 Å². The van der Waals surface area contributed by atoms with Gasteiger partial charge in [0, 0.05) is 13.1 Å². The fourth-order valence-corrected chi connectivity index (χ4v) is 1.80. The summed E-state index contributed by atoms with van der Waals surface area (Å²) in [5.74, 6) is 2.05. The van der Waals surface area contributed by atoms with Crippen LogP contribution in [0.15, 0.2) is 18.3 Å². The Balaban J connectivity index is 2.05. The summed E-state index contributed by atoms with van der Waals surface area (Å²) in [6.45, 7) is 4.46. The highest BCUT2D eigenvalue weighted by molar-refractivity contribution is 5.40. The van der Waals surface area contributed by atoms with Crippen LogP contribution in [0.1, 0.15) is 19.8 Å². The summed E-state index contributed by atoms with van der Waals surface area (Å²) >= 11 is 0. The molecule has 1 N–H and O–H groups in total. The van der Waals surface area contributed by atoms with Crippen molar-refractivity contribution in [3.05, 3.63) is 18.3 Å². The second kappa shape index (κ2) is 3.86. The van der Waals surface area contributed by atoms with Crippen LogP contribution in [0.5, 0.6) is 5.75 Å². The van der Waals surface area contributed by atoms with Gasteiger partial charge in [-0.15, -0.1) is 0 Å². The van der Waals surface area contributed by atoms with Crippen LogP contribution in [0.2, 0.25) is 0 Å². The van der Waals surface area contributed by atoms with Crippen molar-refractivity contribution in [1.29, 1.82) is 0 Å². The molecule has 0 aromatic carbocycles. The third-order valence-corrected chi connectivity index (χ3v) is 2.84. The van der Waals surface area contributed by atoms with Crippen LogP contribution in [-0.4, -0.2) is 23.2 Å². The fourth-order valence-electron chi connectivity index (χ4n) is 1.80. The predicted octanol–water partition coefficient (Wildman–Crippen LogP) is 2.02. The number of aromatic hydroxyl groups is 1. The summed E-state index contributed by atoms with van der Waals surface area (Å²) in [6.07, 6.45) is 3.98. The molecule has 76 valence electrons. The molecule has 1 aromatic heterocycles. The lowest BCUT2D eigenvalue weighted by atomic mass is 9.99. The lowest BCUT2D eigenvalue weighted by Gasteiger charge is -2.31. The van der Waals surface area contributed by atoms with Crippen molar-refractivity contribution in [2.45, 2.75) is 19.8 Å². The number of anilines is 1. The van der Waals surface area contributed by atoms with Crippen molar-refractivity contribution >= 4 is 5.82 Å². The van der Waals surface area contributed by atoms with Crippen LogP contribution < -0.4 is 4.90 Å². The molecule has 0 unspecified atom stereocenters. The summed E-state index contributed by atoms with van der Waals surface area (Å²) in [4.78, 5) is 6.48. The maximum atomic E-state index is 9.12. The van der Waals surface area contributed by atoms with Gasteiger partial charge in [-0.05, 0) is 30.9 Å². The average Bonchev–Trinajstić information content (AvgIpc) is 2.21. The summed E-state index contributed by atoms with van der Waals surface area (Å²) < 4.78 is 0. The molecule has 1 aromatic rings. The highest BCUT2D eigenvalue weighted by Crippen LogP contribution is 2.21. The van der Waals surface area contributed by atoms with Crippen LogP contribution in [0.25, 0.3) is 0 Å². The van der Waals surface area contributed by atoms with E-state index in [0.717, 1.165) is 24.8 Å². The van der Waals surface area contributed by atoms with Crippen molar-refractivity contribution in [3.8, 4) is 5.75 Å². The van der Waals surface area contributed by atoms with Crippen molar-refractivity contribution < 1.29 is 5.11 Å². The van der Waals surface area contributed by atoms with E-state index in [2.05, 4.69) is 16.8 Å². The number of nitrogens with zero attached hydrogens (tertiary/aromatic N) is 2. The molecule has 0 bridgehead atoms. The molecule has 2 rings (SSSR count). The van der Waals surface area contributed by atoms with Gasteiger partial charge in [0.05, 0.1) is 6.20 Å². The van der Waals surface area contributed by atoms with E-state index >= 15 is 0 Å². The molecule has 0 aliphatic carbocycles. The third-order valence-electron chi connectivity index (χ3n) is 2.84. The number of hydrogen-bond acceptors (Lipinski definition) is 3. The Morgan fingerprint density at radius 3 is 2.64 bits per heavy atom. The minimum absolute atomic E-state index is 0.235. The normalized spacial score (nSPS) is 18.5. The van der Waals surface area contributed by atoms with E-state index in [-0.39, 0.29) is 5.75 Å². The van der Waals surface area contributed by atoms with Crippen LogP contribution in [0.3, 0.4) is 0 Å². The molecule has 3 heteroatoms. The van der Waals surface area contributed by atoms with Crippen LogP contribution in [0.4, 0.5) is 5.82 Å². The van der Waals surface area contributed by atoms with E-state index in [1.165, 1.54) is 19.0 Å². The number of rotatable bonds is 1. The van der Waals surface area contributed by atoms with Gasteiger partial charge in [-0.3, -0.25) is 0 Å². The van der Waals surface area contributed by atoms with E-state index in [4.69, 9.17) is 5.11 Å². The highest BCUT2D eigenvalue weighted by Gasteiger charge is 2.16. The van der Waals surface area contributed by atoms with E-state index in [9.17, 15) is 0 Å². The van der Waals surface area contributed by atoms with E-state index < -0.39 is 0 Å². The van der Waals surface area contributed by atoms with Gasteiger partial charge < -0.3 is 10.0 Å². The Hall–Kier alpha value is -1.25. The molecule has 0 atom stereocenters. The fraction of sp³-hybridized carbons (Fsp3) is 0.545. The molecule has 1 fully saturated rings. The molecule has 1 saturated heterocycles. The first-order valence-electron chi connectivity index (χ1n) is 5.15. The Morgan fingerprint density at radius 2 is 2.07 bits per heavy atom. The zero-order valence-electron chi connectivity index (χ0n) is 8.48. The number of aromatic nitrogens is 1. The second-order valence-electron chi connectivity index (χ2n) is 4.04. The van der Waals surface area contributed by atoms with Gasteiger partial charge in [-0.2, -0.15) is 0 Å². The monoisotopic (exact) mass is 192 g/mol. The molecule has 0 saturated carbocycles. The first-order valence-corrected chi connectivity index (χ1v) is 5.15. The highest BCUT2D eigenvalue weighted by atomic mass is 16.3. The zero-order chi connectivity index (χ0) is 9.97. The lowest BCUT2D eigenvalue weighted by molar-refractivity contribution is 0.435. The molecule has 0 spiro atoms. The lowest BCUT2D eigenvalue weighted by Crippen LogP contribution is -2.33. The maximum Gasteiger partial charge on any atom is 0.134 e. The third kappa shape index (κ3) is 1.97. The largest absolute Gasteiger partial charge is 0.506 e. The minimum Gasteiger partial charge on any atom is -0.506 e. The molecule has 0 amide bonds. The minimum atomic E-state index is 0.235. The van der Waals surface area contributed by atoms with E-state index in [1.54, 1.807) is 6.07 Å². The van der Waals surface area contributed by atoms with Gasteiger partial charge in [-0.1, -0.05) is 6.92 Å². The summed E-state index contributed by atoms with van der Waals surface area (Å²) in [5.41, 5.74) is 0. The maximum absolute atomic E-state index is 9.12. The predicted molar refractivity (Wildman–Crippen MR) is 56.5 cm³/mol. The summed E-state index contributed by atoms with van der Waals surface area (Å²) in [6, 6.07) is 3.58. The van der Waals surface area contributed by atoms with E-state index in [1.807, 2.05) is 6.07 Å². The molecule has 1 aliphatic rings. The molecule has 2 heterocycles. The van der Waals surface area contributed by atoms with Crippen molar-refractivity contribution in [2.75, 3.05) is 18.0 Å². The SMILES string of the molecule is CC1CCN(c2ccc(O)cn2)CC1. The number of hydrogen-bond donors (Lipinski definition) is 1. The smallest absolute Gasteiger partial charge is 0.134 e. The molecular weight excluding hydrogens is 176 g/mol. The van der Waals surface area contributed by atoms with Gasteiger partial charge in [0.1, 0.15) is 11.6 Å². The van der Waals surface area contributed by atoms with Gasteiger partial charge >= 0.3 is 0 Å². The van der Waals surface area contributed by atoms with Crippen LogP contribution in [0, 0.1) is 5.92 Å². The second-order valence-corrected chi connectivity index (χ2v) is 4.04. The van der Waals surface area contributed by atoms with Gasteiger partial charge in [-0.25, -0.2) is 4.98 Å². The summed E-state index contributed by atoms with van der Waals surface area (Å²) in [5, 5.41) is 9.12. The molecule has 0 radical (unpaired) electrons. The van der Waals surface area contributed by atoms with Crippen molar-refractivity contribution in [3.63, 3.8) is 0 Å². The Labute approximate surface area is 84.4 Å². The first-order chi connectivity index (χ1) is 6.75. The molecule has 14 heavy (non-hydrogen) atoms. The molecular formula is C11H16N2O. The Morgan fingerprint density at radius 1 is 1.36 bits per heavy atom. The Kier molecular flexibility index (Phi) is 2.57. The van der Waals surface area contributed by atoms with Crippen molar-refractivity contribution in [1.82, 2.24) is 4.98 Å². The van der Waals surface area contributed by atoms with Crippen molar-refractivity contribution in [2.24, 2.45) is 5.92 Å². The standard InChI is InChI=1S/C11H16N2O/c1-9-4-6-13(7-5-9)11-3-2-10(14)8-12-11/h2-3,8-9,14H,4-7H2,1H3. The topological polar surface area (TPSA) is 36.4 Å².